The fourth-order valence-electron chi connectivity index (χ4n) is 5.81. The van der Waals surface area contributed by atoms with Gasteiger partial charge in [-0.25, -0.2) is 4.79 Å². The van der Waals surface area contributed by atoms with Crippen LogP contribution in [0, 0.1) is 0 Å². The van der Waals surface area contributed by atoms with E-state index in [0.717, 1.165) is 38.5 Å². The van der Waals surface area contributed by atoms with Gasteiger partial charge in [0.05, 0.1) is 6.61 Å². The summed E-state index contributed by atoms with van der Waals surface area (Å²) in [5, 5.41) is 0. The average Bonchev–Trinajstić information content (AvgIpc) is 2.93. The summed E-state index contributed by atoms with van der Waals surface area (Å²) in [6.07, 6.45) is -4.70. The van der Waals surface area contributed by atoms with E-state index < -0.39 is 67.3 Å². The molecular formula is C32H62F6O4Si3. The standard InChI is InChI=1S/C32H62F6O4Si3/c1-12-14-17-26(5)44(10,23-19-31(33,34)35)41-28(7)43(9,22-16-21-40-30(39)25(3)4)29(8)42-45(11,24-20-32(36,37)38)27(6)18-15-13-2/h26-29H,3,12-24H2,1-2,4-11H3. The molecule has 0 aliphatic carbocycles. The first kappa shape index (κ1) is 44.4. The molecule has 0 aliphatic rings. The van der Waals surface area contributed by atoms with Crippen molar-refractivity contribution < 1.29 is 44.7 Å². The van der Waals surface area contributed by atoms with Crippen molar-refractivity contribution in [3.63, 3.8) is 0 Å². The third kappa shape index (κ3) is 16.3. The van der Waals surface area contributed by atoms with Gasteiger partial charge >= 0.3 is 18.3 Å². The predicted molar refractivity (Wildman–Crippen MR) is 180 cm³/mol. The smallest absolute Gasteiger partial charge is 0.388 e. The van der Waals surface area contributed by atoms with Crippen LogP contribution in [0.15, 0.2) is 12.2 Å². The Kier molecular flexibility index (Phi) is 19.1. The van der Waals surface area contributed by atoms with Crippen molar-refractivity contribution in [1.29, 1.82) is 0 Å². The lowest BCUT2D eigenvalue weighted by atomic mass is 10.2. The molecule has 0 saturated heterocycles. The Morgan fingerprint density at radius 3 is 1.40 bits per heavy atom. The van der Waals surface area contributed by atoms with Crippen molar-refractivity contribution in [1.82, 2.24) is 0 Å². The first-order valence-corrected chi connectivity index (χ1v) is 25.0. The molecule has 13 heteroatoms. The molecule has 0 rings (SSSR count). The lowest BCUT2D eigenvalue weighted by Gasteiger charge is -2.47. The summed E-state index contributed by atoms with van der Waals surface area (Å²) >= 11 is 0. The molecule has 0 aromatic carbocycles. The van der Waals surface area contributed by atoms with Gasteiger partial charge in [0.25, 0.3) is 0 Å². The maximum absolute atomic E-state index is 13.5. The third-order valence-corrected chi connectivity index (χ3v) is 24.9. The van der Waals surface area contributed by atoms with Crippen molar-refractivity contribution in [2.24, 2.45) is 0 Å². The van der Waals surface area contributed by atoms with Crippen LogP contribution < -0.4 is 0 Å². The molecule has 45 heavy (non-hydrogen) atoms. The molecule has 0 bridgehead atoms. The van der Waals surface area contributed by atoms with Crippen LogP contribution in [0.2, 0.25) is 48.9 Å². The number of hydrogen-bond donors (Lipinski definition) is 0. The predicted octanol–water partition coefficient (Wildman–Crippen LogP) is 11.7. The molecule has 6 unspecified atom stereocenters. The van der Waals surface area contributed by atoms with Crippen molar-refractivity contribution in [3.8, 4) is 0 Å². The highest BCUT2D eigenvalue weighted by atomic mass is 28.4. The molecule has 0 radical (unpaired) electrons. The Labute approximate surface area is 272 Å². The van der Waals surface area contributed by atoms with Crippen molar-refractivity contribution in [2.45, 2.75) is 179 Å². The average molecular weight is 709 g/mol. The Morgan fingerprint density at radius 1 is 0.711 bits per heavy atom. The minimum atomic E-state index is -4.30. The lowest BCUT2D eigenvalue weighted by molar-refractivity contribution is -0.139. The zero-order valence-electron chi connectivity index (χ0n) is 29.6. The summed E-state index contributed by atoms with van der Waals surface area (Å²) in [4.78, 5) is 12.0. The number of rotatable bonds is 23. The number of carbonyl (C=O) groups excluding carboxylic acids is 1. The SMILES string of the molecule is C=C(C)C(=O)OCCC[Si](C)(C(C)O[Si](C)(CCC(F)(F)F)C(C)CCCC)C(C)O[Si](C)(CCC(F)(F)F)C(C)CCCC. The van der Waals surface area contributed by atoms with E-state index in [-0.39, 0.29) is 35.4 Å². The summed E-state index contributed by atoms with van der Waals surface area (Å²) in [5.41, 5.74) is -0.554. The highest BCUT2D eigenvalue weighted by molar-refractivity contribution is 6.84. The van der Waals surface area contributed by atoms with Gasteiger partial charge in [0.15, 0.2) is 16.6 Å². The van der Waals surface area contributed by atoms with Crippen LogP contribution in [0.3, 0.4) is 0 Å². The van der Waals surface area contributed by atoms with Gasteiger partial charge in [-0.15, -0.1) is 0 Å². The number of carbonyl (C=O) groups is 1. The second kappa shape index (κ2) is 19.4. The largest absolute Gasteiger partial charge is 0.462 e. The van der Waals surface area contributed by atoms with Crippen LogP contribution in [-0.2, 0) is 18.4 Å². The second-order valence-electron chi connectivity index (χ2n) is 14.0. The summed E-state index contributed by atoms with van der Waals surface area (Å²) in [6.45, 7) is 23.1. The van der Waals surface area contributed by atoms with Crippen LogP contribution in [-0.4, -0.2) is 61.1 Å². The molecule has 0 aromatic rings. The highest BCUT2D eigenvalue weighted by Gasteiger charge is 2.50. The molecule has 0 N–H and O–H groups in total. The molecular weight excluding hydrogens is 647 g/mol. The molecule has 0 aromatic heterocycles. The maximum Gasteiger partial charge on any atom is 0.388 e. The summed E-state index contributed by atoms with van der Waals surface area (Å²) < 4.78 is 99.9. The minimum Gasteiger partial charge on any atom is -0.462 e. The summed E-state index contributed by atoms with van der Waals surface area (Å²) in [5.74, 6) is -0.499. The van der Waals surface area contributed by atoms with Gasteiger partial charge < -0.3 is 13.6 Å². The highest BCUT2D eigenvalue weighted by Crippen LogP contribution is 2.42. The molecule has 0 saturated carbocycles. The van der Waals surface area contributed by atoms with E-state index in [1.54, 1.807) is 6.92 Å². The molecule has 0 fully saturated rings. The van der Waals surface area contributed by atoms with Crippen LogP contribution in [0.1, 0.15) is 106 Å². The fraction of sp³-hybridized carbons (Fsp3) is 0.906. The first-order chi connectivity index (χ1) is 20.5. The molecule has 0 heterocycles. The van der Waals surface area contributed by atoms with Gasteiger partial charge in [-0.05, 0) is 69.5 Å². The first-order valence-electron chi connectivity index (χ1n) is 16.8. The third-order valence-electron chi connectivity index (χ3n) is 10.1. The topological polar surface area (TPSA) is 44.8 Å². The number of ether oxygens (including phenoxy) is 1. The van der Waals surface area contributed by atoms with E-state index >= 15 is 0 Å². The summed E-state index contributed by atoms with van der Waals surface area (Å²) in [7, 11) is -8.55. The van der Waals surface area contributed by atoms with Gasteiger partial charge in [0.2, 0.25) is 0 Å². The van der Waals surface area contributed by atoms with Crippen molar-refractivity contribution >= 4 is 30.7 Å². The number of esters is 1. The molecule has 0 spiro atoms. The fourth-order valence-corrected chi connectivity index (χ4v) is 18.4. The van der Waals surface area contributed by atoms with E-state index in [1.165, 1.54) is 0 Å². The summed E-state index contributed by atoms with van der Waals surface area (Å²) in [6, 6.07) is 0.487. The zero-order valence-corrected chi connectivity index (χ0v) is 32.6. The number of unbranched alkanes of at least 4 members (excludes halogenated alkanes) is 2. The molecule has 4 nitrogen and oxygen atoms in total. The van der Waals surface area contributed by atoms with Crippen LogP contribution in [0.5, 0.6) is 0 Å². The Hall–Kier alpha value is -0.639. The maximum atomic E-state index is 13.5. The molecule has 0 amide bonds. The quantitative estimate of drug-likeness (QED) is 0.0348. The van der Waals surface area contributed by atoms with E-state index in [0.29, 0.717) is 12.5 Å². The van der Waals surface area contributed by atoms with E-state index in [4.69, 9.17) is 13.6 Å². The Morgan fingerprint density at radius 2 is 1.09 bits per heavy atom. The van der Waals surface area contributed by atoms with Gasteiger partial charge in [0.1, 0.15) is 8.07 Å². The zero-order chi connectivity index (χ0) is 35.3. The molecule has 268 valence electrons. The van der Waals surface area contributed by atoms with Gasteiger partial charge in [-0.2, -0.15) is 26.3 Å². The monoisotopic (exact) mass is 708 g/mol. The van der Waals surface area contributed by atoms with Crippen LogP contribution in [0.4, 0.5) is 26.3 Å². The van der Waals surface area contributed by atoms with Gasteiger partial charge in [-0.1, -0.05) is 79.3 Å². The molecule has 0 aliphatic heterocycles. The lowest BCUT2D eigenvalue weighted by Crippen LogP contribution is -2.61. The molecule has 6 atom stereocenters. The van der Waals surface area contributed by atoms with E-state index in [9.17, 15) is 31.1 Å². The Bertz CT molecular complexity index is 838. The minimum absolute atomic E-state index is 0.00580. The number of alkyl halides is 6. The van der Waals surface area contributed by atoms with E-state index in [1.807, 2.05) is 40.8 Å². The van der Waals surface area contributed by atoms with Gasteiger partial charge in [0, 0.05) is 29.9 Å². The van der Waals surface area contributed by atoms with E-state index in [2.05, 4.69) is 27.0 Å². The van der Waals surface area contributed by atoms with Crippen LogP contribution >= 0.6 is 0 Å². The normalized spacial score (nSPS) is 19.5. The van der Waals surface area contributed by atoms with Crippen LogP contribution in [0.25, 0.3) is 0 Å². The number of hydrogen-bond acceptors (Lipinski definition) is 4. The number of halogens is 6. The van der Waals surface area contributed by atoms with Gasteiger partial charge in [-0.3, -0.25) is 0 Å². The second-order valence-corrected chi connectivity index (χ2v) is 27.8. The van der Waals surface area contributed by atoms with Crippen molar-refractivity contribution in [3.05, 3.63) is 12.2 Å². The Balaban J connectivity index is 6.51. The van der Waals surface area contributed by atoms with Crippen molar-refractivity contribution in [2.75, 3.05) is 6.61 Å².